The maximum Gasteiger partial charge on any atom is 0.254 e. The van der Waals surface area contributed by atoms with Gasteiger partial charge in [0.05, 0.1) is 12.2 Å². The van der Waals surface area contributed by atoms with Crippen LogP contribution in [0, 0.1) is 3.57 Å². The van der Waals surface area contributed by atoms with E-state index in [9.17, 15) is 4.79 Å². The molecule has 2 aromatic rings. The Labute approximate surface area is 126 Å². The van der Waals surface area contributed by atoms with Crippen LogP contribution in [0.2, 0.25) is 0 Å². The van der Waals surface area contributed by atoms with E-state index in [-0.39, 0.29) is 5.91 Å². The van der Waals surface area contributed by atoms with Crippen molar-refractivity contribution >= 4 is 28.5 Å². The third-order valence-electron chi connectivity index (χ3n) is 2.84. The van der Waals surface area contributed by atoms with E-state index in [1.807, 2.05) is 49.4 Å². The van der Waals surface area contributed by atoms with Gasteiger partial charge in [0.2, 0.25) is 0 Å². The average molecular weight is 366 g/mol. The van der Waals surface area contributed by atoms with E-state index in [4.69, 9.17) is 0 Å². The molecule has 4 heteroatoms. The minimum atomic E-state index is 0.0459. The van der Waals surface area contributed by atoms with Crippen LogP contribution in [0.15, 0.2) is 48.7 Å². The number of amides is 1. The van der Waals surface area contributed by atoms with Gasteiger partial charge in [-0.15, -0.1) is 0 Å². The molecule has 0 radical (unpaired) electrons. The Hall–Kier alpha value is -1.43. The van der Waals surface area contributed by atoms with E-state index in [2.05, 4.69) is 27.6 Å². The summed E-state index contributed by atoms with van der Waals surface area (Å²) in [5, 5.41) is 0. The lowest BCUT2D eigenvalue weighted by Gasteiger charge is -2.20. The highest BCUT2D eigenvalue weighted by Crippen LogP contribution is 2.11. The lowest BCUT2D eigenvalue weighted by atomic mass is 10.2. The second kappa shape index (κ2) is 6.65. The monoisotopic (exact) mass is 366 g/mol. The van der Waals surface area contributed by atoms with Crippen molar-refractivity contribution in [3.05, 3.63) is 63.5 Å². The Morgan fingerprint density at radius 3 is 2.53 bits per heavy atom. The van der Waals surface area contributed by atoms with Gasteiger partial charge in [-0.25, -0.2) is 0 Å². The van der Waals surface area contributed by atoms with Gasteiger partial charge in [-0.1, -0.05) is 6.07 Å². The van der Waals surface area contributed by atoms with Gasteiger partial charge in [-0.3, -0.25) is 9.78 Å². The third kappa shape index (κ3) is 3.76. The maximum atomic E-state index is 12.4. The minimum absolute atomic E-state index is 0.0459. The summed E-state index contributed by atoms with van der Waals surface area (Å²) >= 11 is 2.23. The quantitative estimate of drug-likeness (QED) is 0.778. The topological polar surface area (TPSA) is 33.2 Å². The lowest BCUT2D eigenvalue weighted by molar-refractivity contribution is 0.0750. The summed E-state index contributed by atoms with van der Waals surface area (Å²) in [5.41, 5.74) is 1.63. The number of carbonyl (C=O) groups excluding carboxylic acids is 1. The Kier molecular flexibility index (Phi) is 4.90. The first-order valence-corrected chi connectivity index (χ1v) is 7.23. The summed E-state index contributed by atoms with van der Waals surface area (Å²) in [5.74, 6) is 0.0459. The number of pyridine rings is 1. The van der Waals surface area contributed by atoms with Crippen LogP contribution in [0.5, 0.6) is 0 Å². The number of hydrogen-bond acceptors (Lipinski definition) is 2. The van der Waals surface area contributed by atoms with Crippen molar-refractivity contribution in [2.75, 3.05) is 6.54 Å². The van der Waals surface area contributed by atoms with Crippen LogP contribution in [0.4, 0.5) is 0 Å². The van der Waals surface area contributed by atoms with E-state index in [0.717, 1.165) is 14.8 Å². The van der Waals surface area contributed by atoms with Gasteiger partial charge in [0.25, 0.3) is 5.91 Å². The predicted octanol–water partition coefficient (Wildman–Crippen LogP) is 3.35. The van der Waals surface area contributed by atoms with Crippen molar-refractivity contribution in [2.45, 2.75) is 13.5 Å². The molecule has 0 saturated heterocycles. The van der Waals surface area contributed by atoms with Gasteiger partial charge < -0.3 is 4.90 Å². The Morgan fingerprint density at radius 1 is 1.21 bits per heavy atom. The first kappa shape index (κ1) is 14.0. The summed E-state index contributed by atoms with van der Waals surface area (Å²) < 4.78 is 1.13. The Balaban J connectivity index is 2.13. The van der Waals surface area contributed by atoms with Gasteiger partial charge >= 0.3 is 0 Å². The highest BCUT2D eigenvalue weighted by molar-refractivity contribution is 14.1. The molecule has 2 rings (SSSR count). The highest BCUT2D eigenvalue weighted by atomic mass is 127. The highest BCUT2D eigenvalue weighted by Gasteiger charge is 2.14. The summed E-state index contributed by atoms with van der Waals surface area (Å²) in [4.78, 5) is 18.4. The van der Waals surface area contributed by atoms with Crippen LogP contribution in [0.3, 0.4) is 0 Å². The molecule has 0 saturated carbocycles. The van der Waals surface area contributed by atoms with Crippen molar-refractivity contribution in [1.29, 1.82) is 0 Å². The summed E-state index contributed by atoms with van der Waals surface area (Å²) in [6.07, 6.45) is 1.75. The van der Waals surface area contributed by atoms with Gasteiger partial charge in [0.1, 0.15) is 0 Å². The molecule has 0 aliphatic carbocycles. The third-order valence-corrected chi connectivity index (χ3v) is 3.56. The van der Waals surface area contributed by atoms with Crippen molar-refractivity contribution < 1.29 is 4.79 Å². The van der Waals surface area contributed by atoms with Gasteiger partial charge in [0.15, 0.2) is 0 Å². The van der Waals surface area contributed by atoms with Crippen LogP contribution >= 0.6 is 22.6 Å². The molecule has 0 N–H and O–H groups in total. The fourth-order valence-electron chi connectivity index (χ4n) is 1.79. The Morgan fingerprint density at radius 2 is 1.95 bits per heavy atom. The second-order valence-corrected chi connectivity index (χ2v) is 5.39. The molecule has 0 bridgehead atoms. The molecule has 1 aromatic heterocycles. The fourth-order valence-corrected chi connectivity index (χ4v) is 2.15. The molecular formula is C15H15IN2O. The van der Waals surface area contributed by atoms with E-state index in [1.54, 1.807) is 11.1 Å². The Bertz CT molecular complexity index is 540. The fraction of sp³-hybridized carbons (Fsp3) is 0.200. The van der Waals surface area contributed by atoms with E-state index >= 15 is 0 Å². The van der Waals surface area contributed by atoms with Crippen LogP contribution in [-0.2, 0) is 6.54 Å². The van der Waals surface area contributed by atoms with Crippen LogP contribution in [0.1, 0.15) is 23.0 Å². The number of halogens is 1. The molecule has 0 aliphatic heterocycles. The molecule has 0 unspecified atom stereocenters. The smallest absolute Gasteiger partial charge is 0.254 e. The second-order valence-electron chi connectivity index (χ2n) is 4.15. The zero-order valence-electron chi connectivity index (χ0n) is 10.7. The van der Waals surface area contributed by atoms with E-state index in [0.29, 0.717) is 13.1 Å². The van der Waals surface area contributed by atoms with Crippen LogP contribution < -0.4 is 0 Å². The molecule has 1 amide bonds. The molecule has 0 aliphatic rings. The molecule has 0 fully saturated rings. The largest absolute Gasteiger partial charge is 0.333 e. The first-order chi connectivity index (χ1) is 9.20. The maximum absolute atomic E-state index is 12.4. The van der Waals surface area contributed by atoms with E-state index < -0.39 is 0 Å². The zero-order valence-corrected chi connectivity index (χ0v) is 12.9. The normalized spacial score (nSPS) is 10.2. The number of hydrogen-bond donors (Lipinski definition) is 0. The summed E-state index contributed by atoms with van der Waals surface area (Å²) in [7, 11) is 0. The number of aromatic nitrogens is 1. The molecule has 0 spiro atoms. The molecule has 98 valence electrons. The zero-order chi connectivity index (χ0) is 13.7. The number of nitrogens with zero attached hydrogens (tertiary/aromatic N) is 2. The van der Waals surface area contributed by atoms with E-state index in [1.165, 1.54) is 0 Å². The summed E-state index contributed by atoms with van der Waals surface area (Å²) in [6.45, 7) is 3.19. The number of rotatable bonds is 4. The molecule has 0 atom stereocenters. The molecule has 1 aromatic carbocycles. The SMILES string of the molecule is CCN(Cc1ccccn1)C(=O)c1ccc(I)cc1. The van der Waals surface area contributed by atoms with Gasteiger partial charge in [-0.05, 0) is 65.9 Å². The number of benzene rings is 1. The van der Waals surface area contributed by atoms with Crippen molar-refractivity contribution in [3.63, 3.8) is 0 Å². The summed E-state index contributed by atoms with van der Waals surface area (Å²) in [6, 6.07) is 13.4. The standard InChI is InChI=1S/C15H15IN2O/c1-2-18(11-14-5-3-4-10-17-14)15(19)12-6-8-13(16)9-7-12/h3-10H,2,11H2,1H3. The first-order valence-electron chi connectivity index (χ1n) is 6.15. The van der Waals surface area contributed by atoms with Crippen molar-refractivity contribution in [2.24, 2.45) is 0 Å². The van der Waals surface area contributed by atoms with Crippen LogP contribution in [-0.4, -0.2) is 22.3 Å². The van der Waals surface area contributed by atoms with Crippen molar-refractivity contribution in [1.82, 2.24) is 9.88 Å². The predicted molar refractivity (Wildman–Crippen MR) is 83.8 cm³/mol. The molecule has 19 heavy (non-hydrogen) atoms. The number of carbonyl (C=O) groups is 1. The lowest BCUT2D eigenvalue weighted by Crippen LogP contribution is -2.30. The minimum Gasteiger partial charge on any atom is -0.333 e. The van der Waals surface area contributed by atoms with Gasteiger partial charge in [0, 0.05) is 21.9 Å². The van der Waals surface area contributed by atoms with Crippen LogP contribution in [0.25, 0.3) is 0 Å². The average Bonchev–Trinajstić information content (AvgIpc) is 2.46. The van der Waals surface area contributed by atoms with Gasteiger partial charge in [-0.2, -0.15) is 0 Å². The molecule has 3 nitrogen and oxygen atoms in total. The van der Waals surface area contributed by atoms with Crippen molar-refractivity contribution in [3.8, 4) is 0 Å². The molecule has 1 heterocycles. The molecular weight excluding hydrogens is 351 g/mol.